The maximum absolute atomic E-state index is 4.50. The lowest BCUT2D eigenvalue weighted by Gasteiger charge is -2.02. The van der Waals surface area contributed by atoms with Crippen LogP contribution in [0.15, 0.2) is 28.4 Å². The van der Waals surface area contributed by atoms with Gasteiger partial charge in [0.15, 0.2) is 0 Å². The molecule has 2 heterocycles. The second kappa shape index (κ2) is 3.11. The summed E-state index contributed by atoms with van der Waals surface area (Å²) in [5.41, 5.74) is 3.76. The van der Waals surface area contributed by atoms with Crippen LogP contribution in [0.3, 0.4) is 0 Å². The smallest absolute Gasteiger partial charge is 0.0641 e. The third-order valence-electron chi connectivity index (χ3n) is 2.70. The minimum absolute atomic E-state index is 0.583. The first-order chi connectivity index (χ1) is 6.22. The summed E-state index contributed by atoms with van der Waals surface area (Å²) in [5, 5.41) is 3.41. The molecular weight excluding hydrogens is 160 g/mol. The van der Waals surface area contributed by atoms with E-state index in [4.69, 9.17) is 0 Å². The van der Waals surface area contributed by atoms with Crippen LogP contribution >= 0.6 is 0 Å². The first kappa shape index (κ1) is 8.70. The van der Waals surface area contributed by atoms with Crippen LogP contribution < -0.4 is 5.32 Å². The van der Waals surface area contributed by atoms with Crippen molar-refractivity contribution in [2.24, 2.45) is 4.99 Å². The molecule has 2 rings (SSSR count). The molecule has 2 aliphatic rings. The molecule has 0 aliphatic carbocycles. The zero-order valence-electron chi connectivity index (χ0n) is 8.46. The first-order valence-electron chi connectivity index (χ1n) is 4.95. The molecule has 0 radical (unpaired) electrons. The monoisotopic (exact) mass is 176 g/mol. The Balaban J connectivity index is 2.25. The Morgan fingerprint density at radius 2 is 2.23 bits per heavy atom. The molecule has 0 amide bonds. The molecule has 0 bridgehead atoms. The normalized spacial score (nSPS) is 34.8. The van der Waals surface area contributed by atoms with E-state index in [0.29, 0.717) is 12.1 Å². The Morgan fingerprint density at radius 3 is 2.62 bits per heavy atom. The fraction of sp³-hybridized carbons (Fsp3) is 0.545. The number of nitrogens with one attached hydrogen (secondary N) is 1. The quantitative estimate of drug-likeness (QED) is 0.642. The number of rotatable bonds is 2. The third kappa shape index (κ3) is 1.59. The van der Waals surface area contributed by atoms with Crippen LogP contribution in [0.5, 0.6) is 0 Å². The number of nitrogens with zero attached hydrogens (tertiary/aromatic N) is 1. The molecule has 0 aromatic carbocycles. The van der Waals surface area contributed by atoms with Crippen molar-refractivity contribution >= 4 is 5.71 Å². The Bertz CT molecular complexity index is 310. The van der Waals surface area contributed by atoms with E-state index in [9.17, 15) is 0 Å². The fourth-order valence-corrected chi connectivity index (χ4v) is 1.83. The molecule has 1 saturated heterocycles. The van der Waals surface area contributed by atoms with Crippen molar-refractivity contribution in [1.29, 1.82) is 0 Å². The van der Waals surface area contributed by atoms with Crippen molar-refractivity contribution in [2.45, 2.75) is 39.3 Å². The van der Waals surface area contributed by atoms with Gasteiger partial charge in [-0.05, 0) is 38.0 Å². The molecule has 13 heavy (non-hydrogen) atoms. The maximum atomic E-state index is 4.50. The number of allylic oxidation sites excluding steroid dienone is 2. The van der Waals surface area contributed by atoms with Gasteiger partial charge in [0.1, 0.15) is 0 Å². The Hall–Kier alpha value is -0.890. The molecular formula is C11H16N2. The zero-order chi connectivity index (χ0) is 9.42. The lowest BCUT2D eigenvalue weighted by molar-refractivity contribution is 0.941. The SMILES string of the molecule is CC/C(=C1\C=CC(C)=N1)[C@H]1NC1C. The van der Waals surface area contributed by atoms with Gasteiger partial charge in [0, 0.05) is 17.8 Å². The lowest BCUT2D eigenvalue weighted by Crippen LogP contribution is -1.99. The summed E-state index contributed by atoms with van der Waals surface area (Å²) in [6.45, 7) is 6.46. The van der Waals surface area contributed by atoms with Gasteiger partial charge in [0.05, 0.1) is 5.70 Å². The maximum Gasteiger partial charge on any atom is 0.0641 e. The van der Waals surface area contributed by atoms with Crippen molar-refractivity contribution in [3.05, 3.63) is 23.4 Å². The predicted molar refractivity (Wildman–Crippen MR) is 56.0 cm³/mol. The van der Waals surface area contributed by atoms with Gasteiger partial charge in [-0.3, -0.25) is 4.99 Å². The molecule has 1 unspecified atom stereocenters. The second-order valence-electron chi connectivity index (χ2n) is 3.78. The van der Waals surface area contributed by atoms with Crippen LogP contribution in [-0.2, 0) is 0 Å². The summed E-state index contributed by atoms with van der Waals surface area (Å²) in [7, 11) is 0. The van der Waals surface area contributed by atoms with Crippen molar-refractivity contribution in [3.63, 3.8) is 0 Å². The largest absolute Gasteiger partial charge is 0.304 e. The van der Waals surface area contributed by atoms with Gasteiger partial charge in [-0.25, -0.2) is 0 Å². The summed E-state index contributed by atoms with van der Waals surface area (Å²) in [6, 6.07) is 1.23. The molecule has 2 heteroatoms. The van der Waals surface area contributed by atoms with E-state index in [-0.39, 0.29) is 0 Å². The third-order valence-corrected chi connectivity index (χ3v) is 2.70. The van der Waals surface area contributed by atoms with E-state index < -0.39 is 0 Å². The summed E-state index contributed by atoms with van der Waals surface area (Å²) < 4.78 is 0. The Labute approximate surface area is 79.4 Å². The number of hydrogen-bond donors (Lipinski definition) is 1. The van der Waals surface area contributed by atoms with Gasteiger partial charge < -0.3 is 5.32 Å². The molecule has 2 aliphatic heterocycles. The molecule has 2 atom stereocenters. The predicted octanol–water partition coefficient (Wildman–Crippen LogP) is 2.04. The van der Waals surface area contributed by atoms with E-state index in [1.807, 2.05) is 6.92 Å². The topological polar surface area (TPSA) is 34.3 Å². The summed E-state index contributed by atoms with van der Waals surface area (Å²) in [4.78, 5) is 4.50. The van der Waals surface area contributed by atoms with Crippen molar-refractivity contribution < 1.29 is 0 Å². The van der Waals surface area contributed by atoms with Gasteiger partial charge in [-0.2, -0.15) is 0 Å². The summed E-state index contributed by atoms with van der Waals surface area (Å²) in [6.07, 6.45) is 5.30. The highest BCUT2D eigenvalue weighted by Gasteiger charge is 2.35. The molecule has 2 nitrogen and oxygen atoms in total. The van der Waals surface area contributed by atoms with Gasteiger partial charge in [0.25, 0.3) is 0 Å². The van der Waals surface area contributed by atoms with Gasteiger partial charge >= 0.3 is 0 Å². The molecule has 0 spiro atoms. The first-order valence-corrected chi connectivity index (χ1v) is 4.95. The Kier molecular flexibility index (Phi) is 2.08. The van der Waals surface area contributed by atoms with Crippen LogP contribution in [0.25, 0.3) is 0 Å². The van der Waals surface area contributed by atoms with Crippen LogP contribution in [0.1, 0.15) is 27.2 Å². The highest BCUT2D eigenvalue weighted by atomic mass is 15.1. The second-order valence-corrected chi connectivity index (χ2v) is 3.78. The van der Waals surface area contributed by atoms with Gasteiger partial charge in [-0.15, -0.1) is 0 Å². The summed E-state index contributed by atoms with van der Waals surface area (Å²) in [5.74, 6) is 0. The molecule has 0 saturated carbocycles. The van der Waals surface area contributed by atoms with Crippen molar-refractivity contribution in [2.75, 3.05) is 0 Å². The lowest BCUT2D eigenvalue weighted by atomic mass is 10.1. The Morgan fingerprint density at radius 1 is 1.54 bits per heavy atom. The highest BCUT2D eigenvalue weighted by molar-refractivity contribution is 5.96. The van der Waals surface area contributed by atoms with E-state index in [1.165, 1.54) is 11.3 Å². The van der Waals surface area contributed by atoms with Crippen LogP contribution in [0.2, 0.25) is 0 Å². The minimum atomic E-state index is 0.583. The van der Waals surface area contributed by atoms with Gasteiger partial charge in [-0.1, -0.05) is 6.92 Å². The minimum Gasteiger partial charge on any atom is -0.304 e. The highest BCUT2D eigenvalue weighted by Crippen LogP contribution is 2.27. The number of hydrogen-bond acceptors (Lipinski definition) is 2. The molecule has 1 N–H and O–H groups in total. The number of aliphatic imine (C=N–C) groups is 1. The zero-order valence-corrected chi connectivity index (χ0v) is 8.46. The van der Waals surface area contributed by atoms with E-state index in [0.717, 1.165) is 12.1 Å². The van der Waals surface area contributed by atoms with Crippen molar-refractivity contribution in [1.82, 2.24) is 5.32 Å². The molecule has 70 valence electrons. The van der Waals surface area contributed by atoms with E-state index in [1.54, 1.807) is 0 Å². The molecule has 1 fully saturated rings. The van der Waals surface area contributed by atoms with Crippen LogP contribution in [0.4, 0.5) is 0 Å². The van der Waals surface area contributed by atoms with E-state index >= 15 is 0 Å². The summed E-state index contributed by atoms with van der Waals surface area (Å²) >= 11 is 0. The van der Waals surface area contributed by atoms with Crippen LogP contribution in [-0.4, -0.2) is 17.8 Å². The molecule has 0 aromatic heterocycles. The van der Waals surface area contributed by atoms with Gasteiger partial charge in [0.2, 0.25) is 0 Å². The molecule has 0 aromatic rings. The average Bonchev–Trinajstić information content (AvgIpc) is 2.62. The standard InChI is InChI=1S/C11H16N2/c1-4-9(11-8(3)13-11)10-6-5-7(2)12-10/h5-6,8,11,13H,4H2,1-3H3/b10-9-/t8?,11-/m0/s1. The van der Waals surface area contributed by atoms with E-state index in [2.05, 4.69) is 36.3 Å². The van der Waals surface area contributed by atoms with Crippen LogP contribution in [0, 0.1) is 0 Å². The fourth-order valence-electron chi connectivity index (χ4n) is 1.83. The average molecular weight is 176 g/mol. The van der Waals surface area contributed by atoms with Crippen molar-refractivity contribution in [3.8, 4) is 0 Å².